The summed E-state index contributed by atoms with van der Waals surface area (Å²) in [4.78, 5) is 23.3. The molecule has 20 heavy (non-hydrogen) atoms. The first-order chi connectivity index (χ1) is 9.54. The Morgan fingerprint density at radius 2 is 1.80 bits per heavy atom. The Labute approximate surface area is 120 Å². The van der Waals surface area contributed by atoms with Crippen molar-refractivity contribution in [1.29, 1.82) is 0 Å². The van der Waals surface area contributed by atoms with Crippen molar-refractivity contribution in [2.24, 2.45) is 5.92 Å². The number of esters is 1. The Bertz CT molecular complexity index is 438. The van der Waals surface area contributed by atoms with Crippen LogP contribution in [0.1, 0.15) is 50.4 Å². The molecule has 1 rings (SSSR count). The first-order valence-electron chi connectivity index (χ1n) is 7.12. The zero-order valence-electron chi connectivity index (χ0n) is 12.4. The molecule has 1 N–H and O–H groups in total. The van der Waals surface area contributed by atoms with Crippen LogP contribution < -0.4 is 5.32 Å². The fraction of sp³-hybridized carbons (Fsp3) is 0.500. The minimum absolute atomic E-state index is 0.0418. The Hall–Kier alpha value is -1.84. The Balaban J connectivity index is 2.49. The standard InChI is InChI=1S/C16H23NO3/c1-4-5-6-11-20-16(19)13-7-9-14(10-8-13)17-15(18)12(2)3/h7-10,12H,4-6,11H2,1-3H3,(H,17,18). The predicted molar refractivity (Wildman–Crippen MR) is 79.7 cm³/mol. The number of anilines is 1. The SMILES string of the molecule is CCCCCOC(=O)c1ccc(NC(=O)C(C)C)cc1. The number of carbonyl (C=O) groups excluding carboxylic acids is 2. The van der Waals surface area contributed by atoms with Gasteiger partial charge in [0.1, 0.15) is 0 Å². The molecule has 1 aromatic rings. The second kappa shape index (κ2) is 8.35. The molecule has 0 aliphatic carbocycles. The van der Waals surface area contributed by atoms with Crippen LogP contribution in [-0.2, 0) is 9.53 Å². The smallest absolute Gasteiger partial charge is 0.338 e. The van der Waals surface area contributed by atoms with Crippen molar-refractivity contribution in [2.75, 3.05) is 11.9 Å². The van der Waals surface area contributed by atoms with Gasteiger partial charge in [-0.05, 0) is 30.7 Å². The number of rotatable bonds is 7. The van der Waals surface area contributed by atoms with E-state index >= 15 is 0 Å². The van der Waals surface area contributed by atoms with E-state index in [0.29, 0.717) is 17.9 Å². The summed E-state index contributed by atoms with van der Waals surface area (Å²) in [5.74, 6) is -0.430. The lowest BCUT2D eigenvalue weighted by Gasteiger charge is -2.08. The van der Waals surface area contributed by atoms with Crippen LogP contribution in [0, 0.1) is 5.92 Å². The highest BCUT2D eigenvalue weighted by molar-refractivity contribution is 5.93. The van der Waals surface area contributed by atoms with Crippen molar-refractivity contribution in [2.45, 2.75) is 40.0 Å². The van der Waals surface area contributed by atoms with Crippen molar-refractivity contribution in [3.63, 3.8) is 0 Å². The van der Waals surface area contributed by atoms with Crippen LogP contribution in [0.5, 0.6) is 0 Å². The van der Waals surface area contributed by atoms with E-state index in [4.69, 9.17) is 4.74 Å². The Kier molecular flexibility index (Phi) is 6.77. The van der Waals surface area contributed by atoms with Crippen molar-refractivity contribution in [3.8, 4) is 0 Å². The van der Waals surface area contributed by atoms with E-state index in [1.807, 2.05) is 13.8 Å². The van der Waals surface area contributed by atoms with E-state index < -0.39 is 0 Å². The summed E-state index contributed by atoms with van der Waals surface area (Å²) >= 11 is 0. The lowest BCUT2D eigenvalue weighted by molar-refractivity contribution is -0.118. The molecule has 0 aliphatic heterocycles. The summed E-state index contributed by atoms with van der Waals surface area (Å²) in [5, 5.41) is 2.78. The van der Waals surface area contributed by atoms with Gasteiger partial charge in [0.05, 0.1) is 12.2 Å². The third-order valence-electron chi connectivity index (χ3n) is 2.89. The van der Waals surface area contributed by atoms with Crippen molar-refractivity contribution < 1.29 is 14.3 Å². The third-order valence-corrected chi connectivity index (χ3v) is 2.89. The second-order valence-electron chi connectivity index (χ2n) is 5.06. The van der Waals surface area contributed by atoms with Crippen molar-refractivity contribution >= 4 is 17.6 Å². The molecule has 0 saturated carbocycles. The number of hydrogen-bond acceptors (Lipinski definition) is 3. The van der Waals surface area contributed by atoms with Crippen LogP contribution in [-0.4, -0.2) is 18.5 Å². The van der Waals surface area contributed by atoms with Crippen LogP contribution in [0.15, 0.2) is 24.3 Å². The molecule has 0 aromatic heterocycles. The lowest BCUT2D eigenvalue weighted by atomic mass is 10.1. The molecule has 0 atom stereocenters. The van der Waals surface area contributed by atoms with Crippen LogP contribution in [0.25, 0.3) is 0 Å². The number of carbonyl (C=O) groups is 2. The van der Waals surface area contributed by atoms with Gasteiger partial charge in [0.15, 0.2) is 0 Å². The van der Waals surface area contributed by atoms with Gasteiger partial charge in [-0.25, -0.2) is 4.79 Å². The molecule has 0 unspecified atom stereocenters. The molecule has 4 nitrogen and oxygen atoms in total. The van der Waals surface area contributed by atoms with Crippen LogP contribution >= 0.6 is 0 Å². The van der Waals surface area contributed by atoms with Gasteiger partial charge in [-0.1, -0.05) is 33.6 Å². The maximum Gasteiger partial charge on any atom is 0.338 e. The third kappa shape index (κ3) is 5.43. The van der Waals surface area contributed by atoms with Crippen LogP contribution in [0.4, 0.5) is 5.69 Å². The molecular formula is C16H23NO3. The van der Waals surface area contributed by atoms with E-state index in [2.05, 4.69) is 12.2 Å². The summed E-state index contributed by atoms with van der Waals surface area (Å²) in [6, 6.07) is 6.75. The number of benzene rings is 1. The second-order valence-corrected chi connectivity index (χ2v) is 5.06. The number of ether oxygens (including phenoxy) is 1. The summed E-state index contributed by atoms with van der Waals surface area (Å²) in [7, 11) is 0. The quantitative estimate of drug-likeness (QED) is 0.611. The fourth-order valence-electron chi connectivity index (χ4n) is 1.58. The molecule has 1 aromatic carbocycles. The average molecular weight is 277 g/mol. The molecule has 1 amide bonds. The predicted octanol–water partition coefficient (Wildman–Crippen LogP) is 3.63. The first-order valence-corrected chi connectivity index (χ1v) is 7.12. The number of amides is 1. The molecule has 0 heterocycles. The molecule has 0 aliphatic rings. The molecule has 0 fully saturated rings. The van der Waals surface area contributed by atoms with Crippen LogP contribution in [0.3, 0.4) is 0 Å². The average Bonchev–Trinajstić information content (AvgIpc) is 2.44. The number of hydrogen-bond donors (Lipinski definition) is 1. The zero-order chi connectivity index (χ0) is 15.0. The van der Waals surface area contributed by atoms with Gasteiger partial charge < -0.3 is 10.1 Å². The zero-order valence-corrected chi connectivity index (χ0v) is 12.4. The fourth-order valence-corrected chi connectivity index (χ4v) is 1.58. The summed E-state index contributed by atoms with van der Waals surface area (Å²) in [5.41, 5.74) is 1.19. The van der Waals surface area contributed by atoms with Gasteiger partial charge in [0, 0.05) is 11.6 Å². The van der Waals surface area contributed by atoms with Gasteiger partial charge in [-0.2, -0.15) is 0 Å². The minimum atomic E-state index is -0.317. The molecular weight excluding hydrogens is 254 g/mol. The van der Waals surface area contributed by atoms with Crippen molar-refractivity contribution in [3.05, 3.63) is 29.8 Å². The maximum atomic E-state index is 11.7. The highest BCUT2D eigenvalue weighted by Crippen LogP contribution is 2.12. The maximum absolute atomic E-state index is 11.7. The van der Waals surface area contributed by atoms with E-state index in [1.54, 1.807) is 24.3 Å². The molecule has 0 saturated heterocycles. The number of unbranched alkanes of at least 4 members (excludes halogenated alkanes) is 2. The van der Waals surface area contributed by atoms with Gasteiger partial charge >= 0.3 is 5.97 Å². The minimum Gasteiger partial charge on any atom is -0.462 e. The highest BCUT2D eigenvalue weighted by atomic mass is 16.5. The van der Waals surface area contributed by atoms with E-state index in [9.17, 15) is 9.59 Å². The monoisotopic (exact) mass is 277 g/mol. The summed E-state index contributed by atoms with van der Waals surface area (Å²) in [6.07, 6.45) is 3.06. The number of nitrogens with one attached hydrogen (secondary N) is 1. The molecule has 0 bridgehead atoms. The Morgan fingerprint density at radius 1 is 1.15 bits per heavy atom. The summed E-state index contributed by atoms with van der Waals surface area (Å²) < 4.78 is 5.16. The Morgan fingerprint density at radius 3 is 2.35 bits per heavy atom. The first kappa shape index (κ1) is 16.2. The van der Waals surface area contributed by atoms with E-state index in [0.717, 1.165) is 19.3 Å². The van der Waals surface area contributed by atoms with Gasteiger partial charge in [-0.15, -0.1) is 0 Å². The molecule has 4 heteroatoms. The molecule has 0 spiro atoms. The highest BCUT2D eigenvalue weighted by Gasteiger charge is 2.09. The van der Waals surface area contributed by atoms with Crippen LogP contribution in [0.2, 0.25) is 0 Å². The van der Waals surface area contributed by atoms with Gasteiger partial charge in [0.25, 0.3) is 0 Å². The molecule has 110 valence electrons. The van der Waals surface area contributed by atoms with Gasteiger partial charge in [-0.3, -0.25) is 4.79 Å². The van der Waals surface area contributed by atoms with Crippen molar-refractivity contribution in [1.82, 2.24) is 0 Å². The topological polar surface area (TPSA) is 55.4 Å². The summed E-state index contributed by atoms with van der Waals surface area (Å²) in [6.45, 7) is 6.22. The lowest BCUT2D eigenvalue weighted by Crippen LogP contribution is -2.17. The largest absolute Gasteiger partial charge is 0.462 e. The van der Waals surface area contributed by atoms with E-state index in [1.165, 1.54) is 0 Å². The normalized spacial score (nSPS) is 10.4. The van der Waals surface area contributed by atoms with E-state index in [-0.39, 0.29) is 17.8 Å². The molecule has 0 radical (unpaired) electrons. The van der Waals surface area contributed by atoms with Gasteiger partial charge in [0.2, 0.25) is 5.91 Å².